The van der Waals surface area contributed by atoms with Gasteiger partial charge in [0.1, 0.15) is 24.4 Å². The van der Waals surface area contributed by atoms with Gasteiger partial charge in [0, 0.05) is 6.42 Å². The summed E-state index contributed by atoms with van der Waals surface area (Å²) in [6.07, 6.45) is -3.39. The predicted molar refractivity (Wildman–Crippen MR) is 101 cm³/mol. The summed E-state index contributed by atoms with van der Waals surface area (Å²) in [6, 6.07) is 0. The zero-order valence-electron chi connectivity index (χ0n) is 17.5. The summed E-state index contributed by atoms with van der Waals surface area (Å²) in [4.78, 5) is 10.2. The number of aliphatic hydroxyl groups excluding tert-OH is 1. The summed E-state index contributed by atoms with van der Waals surface area (Å²) in [7, 11) is -4.45. The molecule has 0 amide bonds. The van der Waals surface area contributed by atoms with Crippen molar-refractivity contribution in [3.8, 4) is 0 Å². The van der Waals surface area contributed by atoms with E-state index in [1.54, 1.807) is 6.92 Å². The van der Waals surface area contributed by atoms with Gasteiger partial charge in [-0.2, -0.15) is 0 Å². The molecule has 2 aliphatic rings. The molecule has 2 aliphatic heterocycles. The second kappa shape index (κ2) is 10.3. The number of hydrogen-bond donors (Lipinski definition) is 2. The van der Waals surface area contributed by atoms with Gasteiger partial charge in [0.2, 0.25) is 0 Å². The summed E-state index contributed by atoms with van der Waals surface area (Å²) in [5, 5.41) is 10.3. The van der Waals surface area contributed by atoms with E-state index in [9.17, 15) is 14.6 Å². The van der Waals surface area contributed by atoms with E-state index in [4.69, 9.17) is 28.0 Å². The summed E-state index contributed by atoms with van der Waals surface area (Å²) >= 11 is 0. The molecule has 8 atom stereocenters. The van der Waals surface area contributed by atoms with E-state index in [2.05, 4.69) is 0 Å². The smallest absolute Gasteiger partial charge is 0.388 e. The van der Waals surface area contributed by atoms with Crippen molar-refractivity contribution in [2.45, 2.75) is 103 Å². The van der Waals surface area contributed by atoms with Crippen molar-refractivity contribution in [2.24, 2.45) is 0 Å². The molecular formula is C18H35O9P. The van der Waals surface area contributed by atoms with Crippen LogP contribution in [-0.4, -0.2) is 78.1 Å². The van der Waals surface area contributed by atoms with Crippen LogP contribution in [0.3, 0.4) is 0 Å². The molecule has 0 aliphatic carbocycles. The number of ether oxygens (including phenoxy) is 4. The minimum Gasteiger partial charge on any atom is -0.388 e. The van der Waals surface area contributed by atoms with E-state index in [1.807, 2.05) is 34.6 Å². The number of aliphatic hydroxyl groups is 1. The highest BCUT2D eigenvalue weighted by Gasteiger charge is 2.47. The second-order valence-corrected chi connectivity index (χ2v) is 9.44. The maximum atomic E-state index is 12.5. The van der Waals surface area contributed by atoms with Crippen molar-refractivity contribution in [2.75, 3.05) is 13.2 Å². The molecule has 166 valence electrons. The Kier molecular flexibility index (Phi) is 8.88. The SMILES string of the molecule is CC(C)OC[C@H]1O[C@@H](C)C(O)[C@H]1OP(=O)(O)OC[C@H]1O[C@@H](C)C[C@H]1OC(C)C. The number of phosphoric ester groups is 1. The third-order valence-corrected chi connectivity index (χ3v) is 5.64. The van der Waals surface area contributed by atoms with Gasteiger partial charge in [0.05, 0.1) is 43.7 Å². The van der Waals surface area contributed by atoms with Crippen LogP contribution in [0, 0.1) is 0 Å². The average molecular weight is 426 g/mol. The summed E-state index contributed by atoms with van der Waals surface area (Å²) < 4.78 is 45.6. The van der Waals surface area contributed by atoms with E-state index in [0.29, 0.717) is 6.42 Å². The highest BCUT2D eigenvalue weighted by molar-refractivity contribution is 7.47. The third kappa shape index (κ3) is 7.00. The molecule has 9 nitrogen and oxygen atoms in total. The van der Waals surface area contributed by atoms with E-state index < -0.39 is 38.3 Å². The molecular weight excluding hydrogens is 391 g/mol. The van der Waals surface area contributed by atoms with Gasteiger partial charge in [-0.15, -0.1) is 0 Å². The first-order chi connectivity index (χ1) is 13.0. The normalized spacial score (nSPS) is 38.4. The number of hydrogen-bond acceptors (Lipinski definition) is 8. The van der Waals surface area contributed by atoms with Gasteiger partial charge in [-0.1, -0.05) is 0 Å². The van der Waals surface area contributed by atoms with Crippen LogP contribution in [0.25, 0.3) is 0 Å². The first-order valence-electron chi connectivity index (χ1n) is 9.90. The largest absolute Gasteiger partial charge is 0.472 e. The van der Waals surface area contributed by atoms with Crippen LogP contribution in [0.2, 0.25) is 0 Å². The molecule has 0 aromatic carbocycles. The minimum absolute atomic E-state index is 0.00701. The molecule has 2 unspecified atom stereocenters. The first kappa shape index (κ1) is 24.2. The molecule has 10 heteroatoms. The van der Waals surface area contributed by atoms with Crippen LogP contribution in [0.15, 0.2) is 0 Å². The van der Waals surface area contributed by atoms with Gasteiger partial charge in [-0.3, -0.25) is 9.05 Å². The lowest BCUT2D eigenvalue weighted by Gasteiger charge is -2.25. The van der Waals surface area contributed by atoms with Crippen molar-refractivity contribution in [3.63, 3.8) is 0 Å². The minimum atomic E-state index is -4.45. The van der Waals surface area contributed by atoms with E-state index in [-0.39, 0.29) is 37.6 Å². The predicted octanol–water partition coefficient (Wildman–Crippen LogP) is 2.03. The van der Waals surface area contributed by atoms with Gasteiger partial charge in [-0.05, 0) is 41.5 Å². The quantitative estimate of drug-likeness (QED) is 0.507. The highest BCUT2D eigenvalue weighted by atomic mass is 31.2. The molecule has 0 spiro atoms. The van der Waals surface area contributed by atoms with Crippen LogP contribution in [0.4, 0.5) is 0 Å². The van der Waals surface area contributed by atoms with Crippen LogP contribution < -0.4 is 0 Å². The lowest BCUT2D eigenvalue weighted by atomic mass is 10.1. The van der Waals surface area contributed by atoms with E-state index in [0.717, 1.165) is 0 Å². The second-order valence-electron chi connectivity index (χ2n) is 8.03. The standard InChI is InChI=1S/C18H35O9P/c1-10(2)22-8-16-18(17(19)13(6)26-16)27-28(20,21)23-9-15-14(24-11(3)4)7-12(5)25-15/h10-19H,7-9H2,1-6H3,(H,20,21)/t12-,13-,14+,15+,16+,17?,18-/m0/s1. The van der Waals surface area contributed by atoms with Crippen LogP contribution >= 0.6 is 7.82 Å². The van der Waals surface area contributed by atoms with Crippen LogP contribution in [-0.2, 0) is 32.6 Å². The zero-order valence-corrected chi connectivity index (χ0v) is 18.4. The topological polar surface area (TPSA) is 113 Å². The fourth-order valence-electron chi connectivity index (χ4n) is 3.38. The Morgan fingerprint density at radius 1 is 1.07 bits per heavy atom. The molecule has 2 saturated heterocycles. The Balaban J connectivity index is 1.93. The van der Waals surface area contributed by atoms with Gasteiger partial charge in [0.25, 0.3) is 0 Å². The molecule has 0 aromatic heterocycles. The Bertz CT molecular complexity index is 529. The molecule has 2 heterocycles. The average Bonchev–Trinajstić information content (AvgIpc) is 3.04. The molecule has 0 saturated carbocycles. The molecule has 28 heavy (non-hydrogen) atoms. The summed E-state index contributed by atoms with van der Waals surface area (Å²) in [5.41, 5.74) is 0. The van der Waals surface area contributed by atoms with E-state index in [1.165, 1.54) is 0 Å². The van der Waals surface area contributed by atoms with Crippen LogP contribution in [0.1, 0.15) is 48.0 Å². The zero-order chi connectivity index (χ0) is 21.1. The summed E-state index contributed by atoms with van der Waals surface area (Å²) in [5.74, 6) is 0. The van der Waals surface area contributed by atoms with Gasteiger partial charge in [0.15, 0.2) is 0 Å². The molecule has 2 N–H and O–H groups in total. The molecule has 0 bridgehead atoms. The Hall–Kier alpha value is -0.0900. The van der Waals surface area contributed by atoms with Gasteiger partial charge >= 0.3 is 7.82 Å². The van der Waals surface area contributed by atoms with Gasteiger partial charge < -0.3 is 28.9 Å². The summed E-state index contributed by atoms with van der Waals surface area (Å²) in [6.45, 7) is 11.1. The van der Waals surface area contributed by atoms with Crippen molar-refractivity contribution in [3.05, 3.63) is 0 Å². The Morgan fingerprint density at radius 2 is 1.75 bits per heavy atom. The monoisotopic (exact) mass is 426 g/mol. The Morgan fingerprint density at radius 3 is 2.36 bits per heavy atom. The van der Waals surface area contributed by atoms with Crippen molar-refractivity contribution < 1.29 is 42.6 Å². The van der Waals surface area contributed by atoms with Crippen molar-refractivity contribution in [1.29, 1.82) is 0 Å². The molecule has 0 aromatic rings. The maximum absolute atomic E-state index is 12.5. The highest BCUT2D eigenvalue weighted by Crippen LogP contribution is 2.48. The molecule has 2 rings (SSSR count). The van der Waals surface area contributed by atoms with Crippen LogP contribution in [0.5, 0.6) is 0 Å². The molecule has 0 radical (unpaired) electrons. The van der Waals surface area contributed by atoms with E-state index >= 15 is 0 Å². The number of phosphoric acid groups is 1. The third-order valence-electron chi connectivity index (χ3n) is 4.66. The molecule has 2 fully saturated rings. The van der Waals surface area contributed by atoms with Crippen molar-refractivity contribution in [1.82, 2.24) is 0 Å². The first-order valence-corrected chi connectivity index (χ1v) is 11.4. The lowest BCUT2D eigenvalue weighted by Crippen LogP contribution is -2.37. The lowest BCUT2D eigenvalue weighted by molar-refractivity contribution is -0.0712. The maximum Gasteiger partial charge on any atom is 0.472 e. The Labute approximate surface area is 167 Å². The fraction of sp³-hybridized carbons (Fsp3) is 1.00. The number of rotatable bonds is 10. The van der Waals surface area contributed by atoms with Crippen molar-refractivity contribution >= 4 is 7.82 Å². The fourth-order valence-corrected chi connectivity index (χ4v) is 4.35. The van der Waals surface area contributed by atoms with Gasteiger partial charge in [-0.25, -0.2) is 4.57 Å².